The second-order valence-corrected chi connectivity index (χ2v) is 7.32. The second kappa shape index (κ2) is 6.35. The number of aryl methyl sites for hydroxylation is 1. The number of nitrogens with zero attached hydrogens (tertiary/aromatic N) is 4. The predicted octanol–water partition coefficient (Wildman–Crippen LogP) is 1.92. The zero-order valence-electron chi connectivity index (χ0n) is 14.7. The SMILES string of the molecule is COc1ncc(CN2C[C@@H]3CC[C@@](O)(c4ccc(C)cn4)[C@@H]3C2)cn1. The highest BCUT2D eigenvalue weighted by molar-refractivity contribution is 5.22. The summed E-state index contributed by atoms with van der Waals surface area (Å²) >= 11 is 0. The van der Waals surface area contributed by atoms with E-state index >= 15 is 0 Å². The maximum absolute atomic E-state index is 11.3. The van der Waals surface area contributed by atoms with Gasteiger partial charge < -0.3 is 9.84 Å². The lowest BCUT2D eigenvalue weighted by molar-refractivity contribution is -0.0108. The Labute approximate surface area is 147 Å². The standard InChI is InChI=1S/C19H24N4O2/c1-13-3-4-17(20-7-13)19(24)6-5-15-11-23(12-16(15)19)10-14-8-21-18(25-2)22-9-14/h3-4,7-9,15-16,24H,5-6,10-12H2,1-2H3/t15-,16+,19-/m0/s1. The Morgan fingerprint density at radius 1 is 1.20 bits per heavy atom. The molecule has 2 aliphatic rings. The van der Waals surface area contributed by atoms with Gasteiger partial charge in [0.25, 0.3) is 0 Å². The summed E-state index contributed by atoms with van der Waals surface area (Å²) in [7, 11) is 1.57. The monoisotopic (exact) mass is 340 g/mol. The summed E-state index contributed by atoms with van der Waals surface area (Å²) in [6.07, 6.45) is 7.33. The van der Waals surface area contributed by atoms with Gasteiger partial charge in [0.2, 0.25) is 0 Å². The summed E-state index contributed by atoms with van der Waals surface area (Å²) in [5.74, 6) is 0.758. The summed E-state index contributed by atoms with van der Waals surface area (Å²) in [6.45, 7) is 4.70. The smallest absolute Gasteiger partial charge is 0.316 e. The Balaban J connectivity index is 1.48. The van der Waals surface area contributed by atoms with Crippen molar-refractivity contribution in [1.82, 2.24) is 19.9 Å². The molecule has 3 heterocycles. The van der Waals surface area contributed by atoms with Crippen molar-refractivity contribution < 1.29 is 9.84 Å². The van der Waals surface area contributed by atoms with Crippen molar-refractivity contribution in [3.05, 3.63) is 47.5 Å². The van der Waals surface area contributed by atoms with E-state index in [4.69, 9.17) is 4.74 Å². The van der Waals surface area contributed by atoms with Gasteiger partial charge in [-0.25, -0.2) is 9.97 Å². The van der Waals surface area contributed by atoms with E-state index in [1.54, 1.807) is 7.11 Å². The molecule has 3 atom stereocenters. The van der Waals surface area contributed by atoms with Crippen LogP contribution < -0.4 is 4.74 Å². The fraction of sp³-hybridized carbons (Fsp3) is 0.526. The minimum absolute atomic E-state index is 0.238. The van der Waals surface area contributed by atoms with Gasteiger partial charge in [-0.1, -0.05) is 6.07 Å². The first-order valence-electron chi connectivity index (χ1n) is 8.81. The number of ether oxygens (including phenoxy) is 1. The highest BCUT2D eigenvalue weighted by Gasteiger charge is 2.52. The summed E-state index contributed by atoms with van der Waals surface area (Å²) in [4.78, 5) is 15.3. The molecule has 0 radical (unpaired) electrons. The molecule has 1 aliphatic carbocycles. The number of likely N-dealkylation sites (tertiary alicyclic amines) is 1. The van der Waals surface area contributed by atoms with E-state index in [0.29, 0.717) is 11.9 Å². The largest absolute Gasteiger partial charge is 0.467 e. The molecule has 2 aromatic rings. The molecule has 0 aromatic carbocycles. The molecule has 6 heteroatoms. The van der Waals surface area contributed by atoms with Crippen LogP contribution in [0, 0.1) is 18.8 Å². The van der Waals surface area contributed by atoms with E-state index in [1.165, 1.54) is 0 Å². The Morgan fingerprint density at radius 3 is 2.68 bits per heavy atom. The Hall–Kier alpha value is -2.05. The van der Waals surface area contributed by atoms with E-state index in [1.807, 2.05) is 37.6 Å². The van der Waals surface area contributed by atoms with Gasteiger partial charge in [-0.05, 0) is 37.3 Å². The molecule has 1 N–H and O–H groups in total. The molecule has 1 saturated carbocycles. The van der Waals surface area contributed by atoms with Gasteiger partial charge in [0.1, 0.15) is 5.60 Å². The molecule has 0 spiro atoms. The van der Waals surface area contributed by atoms with Crippen LogP contribution in [0.4, 0.5) is 0 Å². The maximum Gasteiger partial charge on any atom is 0.316 e. The molecule has 4 rings (SSSR count). The van der Waals surface area contributed by atoms with Crippen LogP contribution >= 0.6 is 0 Å². The van der Waals surface area contributed by atoms with Gasteiger partial charge in [0.05, 0.1) is 12.8 Å². The van der Waals surface area contributed by atoms with E-state index in [0.717, 1.165) is 49.3 Å². The van der Waals surface area contributed by atoms with Gasteiger partial charge in [-0.3, -0.25) is 9.88 Å². The zero-order valence-corrected chi connectivity index (χ0v) is 14.7. The van der Waals surface area contributed by atoms with E-state index < -0.39 is 5.60 Å². The van der Waals surface area contributed by atoms with E-state index in [-0.39, 0.29) is 5.92 Å². The highest BCUT2D eigenvalue weighted by Crippen LogP contribution is 2.50. The van der Waals surface area contributed by atoms with E-state index in [2.05, 4.69) is 19.9 Å². The molecule has 0 unspecified atom stereocenters. The quantitative estimate of drug-likeness (QED) is 0.917. The highest BCUT2D eigenvalue weighted by atomic mass is 16.5. The van der Waals surface area contributed by atoms with Crippen molar-refractivity contribution in [1.29, 1.82) is 0 Å². The first-order valence-corrected chi connectivity index (χ1v) is 8.81. The van der Waals surface area contributed by atoms with Crippen molar-refractivity contribution in [2.45, 2.75) is 31.9 Å². The van der Waals surface area contributed by atoms with Gasteiger partial charge >= 0.3 is 6.01 Å². The molecule has 0 amide bonds. The summed E-state index contributed by atoms with van der Waals surface area (Å²) in [5.41, 5.74) is 2.20. The number of aromatic nitrogens is 3. The fourth-order valence-electron chi connectivity index (χ4n) is 4.34. The van der Waals surface area contributed by atoms with Crippen LogP contribution in [-0.4, -0.2) is 45.2 Å². The number of pyridine rings is 1. The molecule has 0 bridgehead atoms. The van der Waals surface area contributed by atoms with Gasteiger partial charge in [0, 0.05) is 49.7 Å². The van der Waals surface area contributed by atoms with Crippen molar-refractivity contribution in [3.63, 3.8) is 0 Å². The first-order chi connectivity index (χ1) is 12.1. The number of hydrogen-bond donors (Lipinski definition) is 1. The fourth-order valence-corrected chi connectivity index (χ4v) is 4.34. The third kappa shape index (κ3) is 3.00. The minimum atomic E-state index is -0.802. The van der Waals surface area contributed by atoms with Gasteiger partial charge in [-0.15, -0.1) is 0 Å². The van der Waals surface area contributed by atoms with Crippen LogP contribution in [0.15, 0.2) is 30.7 Å². The zero-order chi connectivity index (χ0) is 17.4. The molecular weight excluding hydrogens is 316 g/mol. The molecule has 132 valence electrons. The van der Waals surface area contributed by atoms with Crippen molar-refractivity contribution >= 4 is 0 Å². The van der Waals surface area contributed by atoms with Gasteiger partial charge in [-0.2, -0.15) is 0 Å². The first kappa shape index (κ1) is 16.4. The lowest BCUT2D eigenvalue weighted by Gasteiger charge is -2.29. The molecule has 1 saturated heterocycles. The van der Waals surface area contributed by atoms with Crippen LogP contribution in [0.25, 0.3) is 0 Å². The number of aliphatic hydroxyl groups is 1. The summed E-state index contributed by atoms with van der Waals surface area (Å²) in [5, 5.41) is 11.3. The minimum Gasteiger partial charge on any atom is -0.467 e. The Morgan fingerprint density at radius 2 is 2.00 bits per heavy atom. The van der Waals surface area contributed by atoms with Crippen molar-refractivity contribution in [3.8, 4) is 6.01 Å². The average Bonchev–Trinajstić information content (AvgIpc) is 3.17. The van der Waals surface area contributed by atoms with Crippen molar-refractivity contribution in [2.24, 2.45) is 11.8 Å². The molecule has 2 aromatic heterocycles. The lowest BCUT2D eigenvalue weighted by atomic mass is 9.85. The Kier molecular flexibility index (Phi) is 4.17. The summed E-state index contributed by atoms with van der Waals surface area (Å²) < 4.78 is 5.01. The number of methoxy groups -OCH3 is 1. The Bertz CT molecular complexity index is 734. The van der Waals surface area contributed by atoms with Crippen molar-refractivity contribution in [2.75, 3.05) is 20.2 Å². The third-order valence-corrected chi connectivity index (χ3v) is 5.65. The maximum atomic E-state index is 11.3. The second-order valence-electron chi connectivity index (χ2n) is 7.32. The lowest BCUT2D eigenvalue weighted by Crippen LogP contribution is -2.35. The third-order valence-electron chi connectivity index (χ3n) is 5.65. The van der Waals surface area contributed by atoms with Crippen LogP contribution in [-0.2, 0) is 12.1 Å². The van der Waals surface area contributed by atoms with Gasteiger partial charge in [0.15, 0.2) is 0 Å². The topological polar surface area (TPSA) is 71.4 Å². The molecule has 2 fully saturated rings. The molecular formula is C19H24N4O2. The number of fused-ring (bicyclic) bond motifs is 1. The number of rotatable bonds is 4. The average molecular weight is 340 g/mol. The molecule has 6 nitrogen and oxygen atoms in total. The molecule has 1 aliphatic heterocycles. The normalized spacial score (nSPS) is 28.9. The van der Waals surface area contributed by atoms with Crippen LogP contribution in [0.2, 0.25) is 0 Å². The molecule has 25 heavy (non-hydrogen) atoms. The van der Waals surface area contributed by atoms with Crippen LogP contribution in [0.1, 0.15) is 29.7 Å². The number of hydrogen-bond acceptors (Lipinski definition) is 6. The van der Waals surface area contributed by atoms with Crippen LogP contribution in [0.3, 0.4) is 0 Å². The van der Waals surface area contributed by atoms with E-state index in [9.17, 15) is 5.11 Å². The predicted molar refractivity (Wildman–Crippen MR) is 92.9 cm³/mol. The summed E-state index contributed by atoms with van der Waals surface area (Å²) in [6, 6.07) is 4.41. The van der Waals surface area contributed by atoms with Crippen LogP contribution in [0.5, 0.6) is 6.01 Å².